The number of aromatic nitrogens is 1. The van der Waals surface area contributed by atoms with Crippen LogP contribution in [0.1, 0.15) is 24.6 Å². The van der Waals surface area contributed by atoms with E-state index < -0.39 is 6.10 Å². The first-order valence-electron chi connectivity index (χ1n) is 5.17. The van der Waals surface area contributed by atoms with Crippen molar-refractivity contribution in [3.05, 3.63) is 30.1 Å². The lowest BCUT2D eigenvalue weighted by atomic mass is 9.90. The molecule has 2 rings (SSSR count). The smallest absolute Gasteiger partial charge is 0.0988 e. The summed E-state index contributed by atoms with van der Waals surface area (Å²) in [6.07, 6.45) is 3.42. The minimum Gasteiger partial charge on any atom is -0.387 e. The fourth-order valence-corrected chi connectivity index (χ4v) is 1.95. The number of nitrogens with one attached hydrogen (secondary N) is 1. The highest BCUT2D eigenvalue weighted by Gasteiger charge is 2.23. The fourth-order valence-electron chi connectivity index (χ4n) is 1.95. The van der Waals surface area contributed by atoms with Crippen molar-refractivity contribution in [2.75, 3.05) is 13.1 Å². The van der Waals surface area contributed by atoms with Crippen molar-refractivity contribution in [3.8, 4) is 0 Å². The lowest BCUT2D eigenvalue weighted by Gasteiger charge is -2.26. The van der Waals surface area contributed by atoms with Gasteiger partial charge in [-0.3, -0.25) is 4.98 Å². The second-order valence-corrected chi connectivity index (χ2v) is 3.79. The van der Waals surface area contributed by atoms with E-state index in [-0.39, 0.29) is 0 Å². The first-order chi connectivity index (χ1) is 6.88. The van der Waals surface area contributed by atoms with Crippen LogP contribution in [0.3, 0.4) is 0 Å². The van der Waals surface area contributed by atoms with E-state index in [1.165, 1.54) is 0 Å². The predicted molar refractivity (Wildman–Crippen MR) is 54.8 cm³/mol. The summed E-state index contributed by atoms with van der Waals surface area (Å²) in [5.74, 6) is 0.367. The van der Waals surface area contributed by atoms with E-state index in [2.05, 4.69) is 10.3 Å². The third-order valence-corrected chi connectivity index (χ3v) is 2.82. The third-order valence-electron chi connectivity index (χ3n) is 2.82. The molecule has 1 aromatic heterocycles. The molecule has 3 nitrogen and oxygen atoms in total. The van der Waals surface area contributed by atoms with Gasteiger partial charge < -0.3 is 10.4 Å². The summed E-state index contributed by atoms with van der Waals surface area (Å²) in [4.78, 5) is 4.18. The largest absolute Gasteiger partial charge is 0.387 e. The van der Waals surface area contributed by atoms with Crippen molar-refractivity contribution < 1.29 is 5.11 Å². The van der Waals surface area contributed by atoms with Crippen LogP contribution >= 0.6 is 0 Å². The van der Waals surface area contributed by atoms with Crippen LogP contribution in [0.4, 0.5) is 0 Å². The van der Waals surface area contributed by atoms with Crippen LogP contribution < -0.4 is 5.32 Å². The van der Waals surface area contributed by atoms with E-state index in [9.17, 15) is 5.11 Å². The Bertz CT molecular complexity index is 270. The zero-order chi connectivity index (χ0) is 9.80. The normalized spacial score (nSPS) is 20.6. The molecular formula is C11H16N2O. The van der Waals surface area contributed by atoms with E-state index in [0.717, 1.165) is 31.6 Å². The monoisotopic (exact) mass is 192 g/mol. The Hall–Kier alpha value is -0.930. The quantitative estimate of drug-likeness (QED) is 0.738. The minimum absolute atomic E-state index is 0.367. The molecule has 1 fully saturated rings. The maximum Gasteiger partial charge on any atom is 0.0988 e. The summed E-state index contributed by atoms with van der Waals surface area (Å²) in [7, 11) is 0. The van der Waals surface area contributed by atoms with E-state index in [4.69, 9.17) is 0 Å². The van der Waals surface area contributed by atoms with Crippen molar-refractivity contribution in [2.45, 2.75) is 18.9 Å². The van der Waals surface area contributed by atoms with Crippen LogP contribution in [0.5, 0.6) is 0 Å². The van der Waals surface area contributed by atoms with Gasteiger partial charge in [-0.05, 0) is 44.0 Å². The van der Waals surface area contributed by atoms with E-state index >= 15 is 0 Å². The number of rotatable bonds is 2. The second-order valence-electron chi connectivity index (χ2n) is 3.79. The number of hydrogen-bond acceptors (Lipinski definition) is 3. The number of aliphatic hydroxyl groups excluding tert-OH is 1. The molecule has 0 radical (unpaired) electrons. The molecule has 0 bridgehead atoms. The number of piperidine rings is 1. The summed E-state index contributed by atoms with van der Waals surface area (Å²) in [5, 5.41) is 13.3. The minimum atomic E-state index is -0.390. The van der Waals surface area contributed by atoms with Gasteiger partial charge in [0, 0.05) is 6.20 Å². The van der Waals surface area contributed by atoms with Gasteiger partial charge in [0.1, 0.15) is 0 Å². The van der Waals surface area contributed by atoms with Gasteiger partial charge in [-0.15, -0.1) is 0 Å². The topological polar surface area (TPSA) is 45.2 Å². The lowest BCUT2D eigenvalue weighted by molar-refractivity contribution is 0.0852. The Morgan fingerprint density at radius 1 is 1.36 bits per heavy atom. The molecule has 2 heterocycles. The highest BCUT2D eigenvalue weighted by molar-refractivity contribution is 5.07. The fraction of sp³-hybridized carbons (Fsp3) is 0.545. The maximum atomic E-state index is 10.1. The Morgan fingerprint density at radius 2 is 2.14 bits per heavy atom. The molecule has 1 unspecified atom stereocenters. The van der Waals surface area contributed by atoms with Crippen LogP contribution in [-0.4, -0.2) is 23.2 Å². The summed E-state index contributed by atoms with van der Waals surface area (Å²) >= 11 is 0. The van der Waals surface area contributed by atoms with Crippen molar-refractivity contribution in [1.29, 1.82) is 0 Å². The van der Waals surface area contributed by atoms with Gasteiger partial charge in [-0.1, -0.05) is 6.07 Å². The number of pyridine rings is 1. The van der Waals surface area contributed by atoms with Crippen molar-refractivity contribution >= 4 is 0 Å². The molecule has 2 N–H and O–H groups in total. The Morgan fingerprint density at radius 3 is 2.79 bits per heavy atom. The molecule has 0 amide bonds. The van der Waals surface area contributed by atoms with Gasteiger partial charge in [0.15, 0.2) is 0 Å². The molecule has 1 atom stereocenters. The Balaban J connectivity index is 2.03. The summed E-state index contributed by atoms with van der Waals surface area (Å²) < 4.78 is 0. The molecule has 76 valence electrons. The third kappa shape index (κ3) is 2.11. The van der Waals surface area contributed by atoms with Crippen LogP contribution in [-0.2, 0) is 0 Å². The molecule has 1 aromatic rings. The van der Waals surface area contributed by atoms with Crippen molar-refractivity contribution in [2.24, 2.45) is 5.92 Å². The van der Waals surface area contributed by atoms with Crippen molar-refractivity contribution in [3.63, 3.8) is 0 Å². The molecular weight excluding hydrogens is 176 g/mol. The zero-order valence-corrected chi connectivity index (χ0v) is 8.19. The number of aliphatic hydroxyl groups is 1. The summed E-state index contributed by atoms with van der Waals surface area (Å²) in [6.45, 7) is 2.02. The van der Waals surface area contributed by atoms with Gasteiger partial charge >= 0.3 is 0 Å². The van der Waals surface area contributed by atoms with Gasteiger partial charge in [-0.25, -0.2) is 0 Å². The first kappa shape index (κ1) is 9.62. The van der Waals surface area contributed by atoms with Gasteiger partial charge in [0.05, 0.1) is 11.8 Å². The van der Waals surface area contributed by atoms with Gasteiger partial charge in [0.25, 0.3) is 0 Å². The number of nitrogens with zero attached hydrogens (tertiary/aromatic N) is 1. The highest BCUT2D eigenvalue weighted by Crippen LogP contribution is 2.26. The standard InChI is InChI=1S/C11H16N2O/c14-11(9-4-7-12-8-5-9)10-3-1-2-6-13-10/h1-3,6,9,11-12,14H,4-5,7-8H2. The Kier molecular flexibility index (Phi) is 3.11. The van der Waals surface area contributed by atoms with E-state index in [1.54, 1.807) is 6.20 Å². The predicted octanol–water partition coefficient (Wildman–Crippen LogP) is 1.11. The first-order valence-corrected chi connectivity index (χ1v) is 5.17. The highest BCUT2D eigenvalue weighted by atomic mass is 16.3. The van der Waals surface area contributed by atoms with E-state index in [1.807, 2.05) is 18.2 Å². The van der Waals surface area contributed by atoms with Crippen LogP contribution in [0, 0.1) is 5.92 Å². The average molecular weight is 192 g/mol. The molecule has 1 aliphatic rings. The second kappa shape index (κ2) is 4.53. The molecule has 14 heavy (non-hydrogen) atoms. The number of hydrogen-bond donors (Lipinski definition) is 2. The van der Waals surface area contributed by atoms with Crippen LogP contribution in [0.25, 0.3) is 0 Å². The maximum absolute atomic E-state index is 10.1. The summed E-state index contributed by atoms with van der Waals surface area (Å²) in [5.41, 5.74) is 0.805. The summed E-state index contributed by atoms with van der Waals surface area (Å²) in [6, 6.07) is 5.69. The van der Waals surface area contributed by atoms with Gasteiger partial charge in [0.2, 0.25) is 0 Å². The molecule has 0 aliphatic carbocycles. The SMILES string of the molecule is OC(c1ccccn1)C1CCNCC1. The zero-order valence-electron chi connectivity index (χ0n) is 8.19. The average Bonchev–Trinajstić information content (AvgIpc) is 2.30. The lowest BCUT2D eigenvalue weighted by Crippen LogP contribution is -2.31. The van der Waals surface area contributed by atoms with Crippen molar-refractivity contribution in [1.82, 2.24) is 10.3 Å². The van der Waals surface area contributed by atoms with Crippen LogP contribution in [0.15, 0.2) is 24.4 Å². The molecule has 1 saturated heterocycles. The van der Waals surface area contributed by atoms with Crippen LogP contribution in [0.2, 0.25) is 0 Å². The van der Waals surface area contributed by atoms with E-state index in [0.29, 0.717) is 5.92 Å². The molecule has 0 aromatic carbocycles. The molecule has 3 heteroatoms. The van der Waals surface area contributed by atoms with Gasteiger partial charge in [-0.2, -0.15) is 0 Å². The molecule has 0 saturated carbocycles. The molecule has 0 spiro atoms. The molecule has 1 aliphatic heterocycles. The Labute approximate surface area is 84.2 Å².